The van der Waals surface area contributed by atoms with E-state index in [9.17, 15) is 10.1 Å². The molecule has 0 spiro atoms. The van der Waals surface area contributed by atoms with Gasteiger partial charge in [-0.15, -0.1) is 0 Å². The number of aromatic nitrogens is 2. The third-order valence-corrected chi connectivity index (χ3v) is 3.90. The van der Waals surface area contributed by atoms with Gasteiger partial charge in [0.05, 0.1) is 22.9 Å². The molecule has 0 saturated heterocycles. The Kier molecular flexibility index (Phi) is 5.17. The standard InChI is InChI=1S/C19H20N4O3/c1-3-26-19-12-16(8-9-18(19)23(24)25)20-13-15-6-4-5-7-17(15)22-11-10-14(2)21-22/h4-12,20H,3,13H2,1-2H3. The Balaban J connectivity index is 1.82. The van der Waals surface area contributed by atoms with Crippen molar-refractivity contribution >= 4 is 11.4 Å². The van der Waals surface area contributed by atoms with E-state index in [0.717, 1.165) is 22.6 Å². The van der Waals surface area contributed by atoms with Gasteiger partial charge in [0, 0.05) is 30.6 Å². The summed E-state index contributed by atoms with van der Waals surface area (Å²) < 4.78 is 7.23. The second-order valence-corrected chi connectivity index (χ2v) is 5.76. The molecule has 0 bridgehead atoms. The zero-order valence-electron chi connectivity index (χ0n) is 14.7. The lowest BCUT2D eigenvalue weighted by Gasteiger charge is -2.12. The first-order valence-electron chi connectivity index (χ1n) is 8.34. The number of benzene rings is 2. The summed E-state index contributed by atoms with van der Waals surface area (Å²) in [5.41, 5.74) is 3.71. The molecule has 3 aromatic rings. The number of nitro benzene ring substituents is 1. The minimum absolute atomic E-state index is 0.0372. The van der Waals surface area contributed by atoms with Crippen LogP contribution in [0.4, 0.5) is 11.4 Å². The number of nitrogens with zero attached hydrogens (tertiary/aromatic N) is 3. The molecule has 0 aliphatic heterocycles. The fourth-order valence-electron chi connectivity index (χ4n) is 2.68. The highest BCUT2D eigenvalue weighted by Gasteiger charge is 2.15. The predicted octanol–water partition coefficient (Wildman–Crippen LogP) is 4.10. The average molecular weight is 352 g/mol. The second-order valence-electron chi connectivity index (χ2n) is 5.76. The highest BCUT2D eigenvalue weighted by Crippen LogP contribution is 2.30. The lowest BCUT2D eigenvalue weighted by molar-refractivity contribution is -0.385. The van der Waals surface area contributed by atoms with Crippen LogP contribution in [0.3, 0.4) is 0 Å². The Morgan fingerprint density at radius 1 is 1.23 bits per heavy atom. The number of hydrogen-bond donors (Lipinski definition) is 1. The molecule has 0 amide bonds. The van der Waals surface area contributed by atoms with E-state index in [4.69, 9.17) is 4.74 Å². The molecule has 1 aromatic heterocycles. The summed E-state index contributed by atoms with van der Waals surface area (Å²) in [5, 5.41) is 18.8. The number of aryl methyl sites for hydroxylation is 1. The molecule has 0 atom stereocenters. The van der Waals surface area contributed by atoms with Crippen molar-refractivity contribution in [3.63, 3.8) is 0 Å². The molecule has 26 heavy (non-hydrogen) atoms. The van der Waals surface area contributed by atoms with Gasteiger partial charge in [0.15, 0.2) is 5.75 Å². The van der Waals surface area contributed by atoms with Gasteiger partial charge in [0.2, 0.25) is 0 Å². The van der Waals surface area contributed by atoms with Crippen molar-refractivity contribution in [2.24, 2.45) is 0 Å². The van der Waals surface area contributed by atoms with Gasteiger partial charge in [-0.25, -0.2) is 4.68 Å². The molecule has 1 N–H and O–H groups in total. The number of nitrogens with one attached hydrogen (secondary N) is 1. The summed E-state index contributed by atoms with van der Waals surface area (Å²) in [7, 11) is 0. The van der Waals surface area contributed by atoms with Gasteiger partial charge in [-0.1, -0.05) is 18.2 Å². The molecule has 0 fully saturated rings. The maximum atomic E-state index is 11.1. The molecule has 0 unspecified atom stereocenters. The Morgan fingerprint density at radius 2 is 2.04 bits per heavy atom. The van der Waals surface area contributed by atoms with Crippen molar-refractivity contribution in [2.45, 2.75) is 20.4 Å². The first-order chi connectivity index (χ1) is 12.6. The van der Waals surface area contributed by atoms with Crippen molar-refractivity contribution in [3.05, 3.63) is 76.1 Å². The van der Waals surface area contributed by atoms with Crippen LogP contribution in [0, 0.1) is 17.0 Å². The van der Waals surface area contributed by atoms with Gasteiger partial charge in [-0.2, -0.15) is 5.10 Å². The molecule has 0 saturated carbocycles. The molecule has 7 nitrogen and oxygen atoms in total. The molecular weight excluding hydrogens is 332 g/mol. The van der Waals surface area contributed by atoms with E-state index in [1.54, 1.807) is 19.1 Å². The molecule has 0 aliphatic carbocycles. The van der Waals surface area contributed by atoms with Crippen molar-refractivity contribution in [3.8, 4) is 11.4 Å². The van der Waals surface area contributed by atoms with Gasteiger partial charge in [-0.05, 0) is 37.6 Å². The first-order valence-corrected chi connectivity index (χ1v) is 8.34. The fraction of sp³-hybridized carbons (Fsp3) is 0.211. The molecule has 3 rings (SSSR count). The van der Waals surface area contributed by atoms with E-state index >= 15 is 0 Å². The van der Waals surface area contributed by atoms with E-state index in [1.807, 2.05) is 48.1 Å². The monoisotopic (exact) mass is 352 g/mol. The molecule has 0 radical (unpaired) electrons. The van der Waals surface area contributed by atoms with Crippen LogP contribution in [-0.4, -0.2) is 21.3 Å². The maximum Gasteiger partial charge on any atom is 0.311 e. The number of rotatable bonds is 7. The van der Waals surface area contributed by atoms with E-state index in [2.05, 4.69) is 10.4 Å². The first kappa shape index (κ1) is 17.5. The molecule has 2 aromatic carbocycles. The van der Waals surface area contributed by atoms with Crippen LogP contribution in [0.2, 0.25) is 0 Å². The fourth-order valence-corrected chi connectivity index (χ4v) is 2.68. The highest BCUT2D eigenvalue weighted by atomic mass is 16.6. The van der Waals surface area contributed by atoms with E-state index in [-0.39, 0.29) is 11.4 Å². The van der Waals surface area contributed by atoms with Gasteiger partial charge < -0.3 is 10.1 Å². The summed E-state index contributed by atoms with van der Waals surface area (Å²) in [6, 6.07) is 14.7. The number of anilines is 1. The normalized spacial score (nSPS) is 10.5. The summed E-state index contributed by atoms with van der Waals surface area (Å²) in [6.07, 6.45) is 1.92. The lowest BCUT2D eigenvalue weighted by Crippen LogP contribution is -2.06. The summed E-state index contributed by atoms with van der Waals surface area (Å²) >= 11 is 0. The van der Waals surface area contributed by atoms with E-state index < -0.39 is 4.92 Å². The van der Waals surface area contributed by atoms with Crippen LogP contribution in [0.15, 0.2) is 54.7 Å². The number of ether oxygens (including phenoxy) is 1. The Labute approximate surface area is 151 Å². The SMILES string of the molecule is CCOc1cc(NCc2ccccc2-n2ccc(C)n2)ccc1[N+](=O)[O-]. The third kappa shape index (κ3) is 3.83. The highest BCUT2D eigenvalue weighted by molar-refractivity contribution is 5.58. The van der Waals surface area contributed by atoms with Crippen LogP contribution in [0.5, 0.6) is 5.75 Å². The minimum Gasteiger partial charge on any atom is -0.487 e. The van der Waals surface area contributed by atoms with E-state index in [0.29, 0.717) is 13.2 Å². The molecule has 1 heterocycles. The average Bonchev–Trinajstić information content (AvgIpc) is 3.06. The Hall–Kier alpha value is -3.35. The second kappa shape index (κ2) is 7.69. The van der Waals surface area contributed by atoms with Crippen LogP contribution in [0.25, 0.3) is 5.69 Å². The van der Waals surface area contributed by atoms with Crippen molar-refractivity contribution in [1.82, 2.24) is 9.78 Å². The third-order valence-electron chi connectivity index (χ3n) is 3.90. The largest absolute Gasteiger partial charge is 0.487 e. The predicted molar refractivity (Wildman–Crippen MR) is 99.9 cm³/mol. The summed E-state index contributed by atoms with van der Waals surface area (Å²) in [4.78, 5) is 10.6. The zero-order valence-corrected chi connectivity index (χ0v) is 14.7. The van der Waals surface area contributed by atoms with Crippen molar-refractivity contribution in [2.75, 3.05) is 11.9 Å². The van der Waals surface area contributed by atoms with Gasteiger partial charge >= 0.3 is 5.69 Å². The van der Waals surface area contributed by atoms with Gasteiger partial charge in [0.25, 0.3) is 0 Å². The van der Waals surface area contributed by atoms with Gasteiger partial charge in [-0.3, -0.25) is 10.1 Å². The molecule has 134 valence electrons. The van der Waals surface area contributed by atoms with Crippen LogP contribution >= 0.6 is 0 Å². The summed E-state index contributed by atoms with van der Waals surface area (Å²) in [6.45, 7) is 4.67. The minimum atomic E-state index is -0.440. The number of hydrogen-bond acceptors (Lipinski definition) is 5. The number of para-hydroxylation sites is 1. The number of nitro groups is 1. The quantitative estimate of drug-likeness (QED) is 0.511. The summed E-state index contributed by atoms with van der Waals surface area (Å²) in [5.74, 6) is 0.262. The smallest absolute Gasteiger partial charge is 0.311 e. The van der Waals surface area contributed by atoms with Crippen molar-refractivity contribution < 1.29 is 9.66 Å². The van der Waals surface area contributed by atoms with Crippen LogP contribution in [0.1, 0.15) is 18.2 Å². The Morgan fingerprint density at radius 3 is 2.73 bits per heavy atom. The molecular formula is C19H20N4O3. The zero-order chi connectivity index (χ0) is 18.5. The topological polar surface area (TPSA) is 82.2 Å². The molecule has 7 heteroatoms. The van der Waals surface area contributed by atoms with Gasteiger partial charge in [0.1, 0.15) is 0 Å². The maximum absolute atomic E-state index is 11.1. The van der Waals surface area contributed by atoms with E-state index in [1.165, 1.54) is 6.07 Å². The van der Waals surface area contributed by atoms with Crippen LogP contribution in [-0.2, 0) is 6.54 Å². The van der Waals surface area contributed by atoms with Crippen molar-refractivity contribution in [1.29, 1.82) is 0 Å². The lowest BCUT2D eigenvalue weighted by atomic mass is 10.1. The van der Waals surface area contributed by atoms with Crippen LogP contribution < -0.4 is 10.1 Å². The Bertz CT molecular complexity index is 921. The molecule has 0 aliphatic rings.